The van der Waals surface area contributed by atoms with Crippen LogP contribution in [0.25, 0.3) is 0 Å². The highest BCUT2D eigenvalue weighted by Crippen LogP contribution is 1.87. The van der Waals surface area contributed by atoms with E-state index in [-0.39, 0.29) is 12.8 Å². The molecule has 5 heteroatoms. The molecule has 66 valence electrons. The molecule has 0 amide bonds. The lowest BCUT2D eigenvalue weighted by molar-refractivity contribution is -0.304. The lowest BCUT2D eigenvalue weighted by Gasteiger charge is -1.96. The van der Waals surface area contributed by atoms with Crippen LogP contribution in [0.1, 0.15) is 12.8 Å². The zero-order valence-electron chi connectivity index (χ0n) is 6.11. The van der Waals surface area contributed by atoms with Gasteiger partial charge in [0.1, 0.15) is 5.97 Å². The van der Waals surface area contributed by atoms with Crippen LogP contribution in [0.3, 0.4) is 0 Å². The second-order valence-corrected chi connectivity index (χ2v) is 1.96. The van der Waals surface area contributed by atoms with E-state index in [2.05, 4.69) is 0 Å². The fourth-order valence-electron chi connectivity index (χ4n) is 0.453. The summed E-state index contributed by atoms with van der Waals surface area (Å²) >= 11 is 0. The molecule has 0 atom stereocenters. The zero-order valence-corrected chi connectivity index (χ0v) is 6.11. The van der Waals surface area contributed by atoms with E-state index in [4.69, 9.17) is 0 Å². The normalized spacial score (nSPS) is 10.0. The Morgan fingerprint density at radius 2 is 1.50 bits per heavy atom. The molecule has 0 aliphatic heterocycles. The molecule has 0 fully saturated rings. The summed E-state index contributed by atoms with van der Waals surface area (Å²) in [4.78, 5) is 29.9. The van der Waals surface area contributed by atoms with Crippen molar-refractivity contribution in [3.63, 3.8) is 0 Å². The minimum absolute atomic E-state index is 0.333. The molecule has 0 unspecified atom stereocenters. The number of allylic oxidation sites excluding steroid dienone is 1. The van der Waals surface area contributed by atoms with Crippen LogP contribution in [0.2, 0.25) is 0 Å². The van der Waals surface area contributed by atoms with Crippen LogP contribution in [-0.4, -0.2) is 17.7 Å². The number of aliphatic carboxylic acids is 2. The molecular weight excluding hydrogens is 164 g/mol. The minimum atomic E-state index is -1.77. The third-order valence-electron chi connectivity index (χ3n) is 0.982. The Balaban J connectivity index is 3.68. The second-order valence-electron chi connectivity index (χ2n) is 1.96. The minimum Gasteiger partial charge on any atom is -0.550 e. The summed E-state index contributed by atoms with van der Waals surface area (Å²) in [6.45, 7) is 0. The van der Waals surface area contributed by atoms with E-state index in [1.807, 2.05) is 0 Å². The first-order valence-corrected chi connectivity index (χ1v) is 3.13. The van der Waals surface area contributed by atoms with Crippen molar-refractivity contribution < 1.29 is 24.6 Å². The first-order chi connectivity index (χ1) is 5.54. The van der Waals surface area contributed by atoms with Gasteiger partial charge in [-0.3, -0.25) is 4.79 Å². The number of rotatable bonds is 5. The van der Waals surface area contributed by atoms with Gasteiger partial charge >= 0.3 is 0 Å². The molecule has 0 spiro atoms. The first kappa shape index (κ1) is 10.3. The van der Waals surface area contributed by atoms with E-state index < -0.39 is 17.7 Å². The molecule has 5 nitrogen and oxygen atoms in total. The molecule has 0 aromatic heterocycles. The Kier molecular flexibility index (Phi) is 4.36. The summed E-state index contributed by atoms with van der Waals surface area (Å²) in [7, 11) is 0. The maximum atomic E-state index is 10.3. The van der Waals surface area contributed by atoms with Gasteiger partial charge in [0, 0.05) is 18.8 Å². The van der Waals surface area contributed by atoms with Gasteiger partial charge in [-0.1, -0.05) is 12.2 Å². The van der Waals surface area contributed by atoms with Crippen molar-refractivity contribution >= 4 is 17.7 Å². The standard InChI is InChI=1S/C7H8O5/c8-5(7(11)12)3-1-2-4-6(9)10/h1-2H,3-4H2,(H,9,10)(H,11,12)/p-2/b2-1+. The van der Waals surface area contributed by atoms with Gasteiger partial charge in [-0.2, -0.15) is 0 Å². The fraction of sp³-hybridized carbons (Fsp3) is 0.286. The van der Waals surface area contributed by atoms with Gasteiger partial charge in [0.25, 0.3) is 0 Å². The van der Waals surface area contributed by atoms with Gasteiger partial charge in [0.05, 0.1) is 0 Å². The predicted octanol–water partition coefficient (Wildman–Crippen LogP) is -2.61. The van der Waals surface area contributed by atoms with Crippen molar-refractivity contribution in [2.45, 2.75) is 12.8 Å². The number of carboxylic acid groups (broad SMARTS) is 2. The monoisotopic (exact) mass is 170 g/mol. The lowest BCUT2D eigenvalue weighted by Crippen LogP contribution is -2.30. The maximum Gasteiger partial charge on any atom is 0.182 e. The van der Waals surface area contributed by atoms with Crippen molar-refractivity contribution in [3.8, 4) is 0 Å². The highest BCUT2D eigenvalue weighted by atomic mass is 16.4. The lowest BCUT2D eigenvalue weighted by atomic mass is 10.2. The molecular formula is C7H6O5-2. The van der Waals surface area contributed by atoms with Gasteiger partial charge in [0.15, 0.2) is 5.78 Å². The van der Waals surface area contributed by atoms with Crippen LogP contribution < -0.4 is 10.2 Å². The maximum absolute atomic E-state index is 10.3. The quantitative estimate of drug-likeness (QED) is 0.332. The average Bonchev–Trinajstić information content (AvgIpc) is 1.97. The number of carboxylic acids is 2. The molecule has 0 heterocycles. The van der Waals surface area contributed by atoms with Gasteiger partial charge in [-0.05, 0) is 0 Å². The van der Waals surface area contributed by atoms with E-state index in [9.17, 15) is 24.6 Å². The van der Waals surface area contributed by atoms with Crippen molar-refractivity contribution in [2.24, 2.45) is 0 Å². The molecule has 0 bridgehead atoms. The predicted molar refractivity (Wildman–Crippen MR) is 33.4 cm³/mol. The van der Waals surface area contributed by atoms with Crippen molar-refractivity contribution in [1.82, 2.24) is 0 Å². The molecule has 0 aliphatic carbocycles. The molecule has 0 aromatic carbocycles. The largest absolute Gasteiger partial charge is 0.550 e. The van der Waals surface area contributed by atoms with E-state index in [1.165, 1.54) is 0 Å². The van der Waals surface area contributed by atoms with Gasteiger partial charge in [-0.25, -0.2) is 0 Å². The van der Waals surface area contributed by atoms with Gasteiger partial charge in [-0.15, -0.1) is 0 Å². The van der Waals surface area contributed by atoms with E-state index in [0.29, 0.717) is 0 Å². The Hall–Kier alpha value is -1.65. The zero-order chi connectivity index (χ0) is 9.56. The number of hydrogen-bond acceptors (Lipinski definition) is 5. The Labute approximate surface area is 68.3 Å². The summed E-state index contributed by atoms with van der Waals surface area (Å²) < 4.78 is 0. The van der Waals surface area contributed by atoms with Crippen LogP contribution in [0.4, 0.5) is 0 Å². The Morgan fingerprint density at radius 3 is 1.92 bits per heavy atom. The van der Waals surface area contributed by atoms with E-state index >= 15 is 0 Å². The Bertz CT molecular complexity index is 228. The second kappa shape index (κ2) is 5.06. The molecule has 0 rings (SSSR count). The highest BCUT2D eigenvalue weighted by molar-refractivity contribution is 6.31. The third kappa shape index (κ3) is 5.16. The van der Waals surface area contributed by atoms with Crippen molar-refractivity contribution in [2.75, 3.05) is 0 Å². The number of ketones is 1. The third-order valence-corrected chi connectivity index (χ3v) is 0.982. The molecule has 0 saturated carbocycles. The van der Waals surface area contributed by atoms with Crippen molar-refractivity contribution in [1.29, 1.82) is 0 Å². The number of hydrogen-bond donors (Lipinski definition) is 0. The SMILES string of the molecule is O=C([O-])C/C=C/CC(=O)C(=O)[O-]. The topological polar surface area (TPSA) is 97.3 Å². The molecule has 12 heavy (non-hydrogen) atoms. The smallest absolute Gasteiger partial charge is 0.182 e. The van der Waals surface area contributed by atoms with Crippen LogP contribution in [0.5, 0.6) is 0 Å². The van der Waals surface area contributed by atoms with Gasteiger partial charge in [0.2, 0.25) is 0 Å². The van der Waals surface area contributed by atoms with Crippen molar-refractivity contribution in [3.05, 3.63) is 12.2 Å². The van der Waals surface area contributed by atoms with E-state index in [1.54, 1.807) is 0 Å². The molecule has 0 aliphatic rings. The summed E-state index contributed by atoms with van der Waals surface area (Å²) in [5, 5.41) is 19.6. The fourth-order valence-corrected chi connectivity index (χ4v) is 0.453. The summed E-state index contributed by atoms with van der Waals surface area (Å²) in [5.74, 6) is -4.13. The van der Waals surface area contributed by atoms with Crippen LogP contribution in [0.15, 0.2) is 12.2 Å². The highest BCUT2D eigenvalue weighted by Gasteiger charge is 1.97. The molecule has 0 N–H and O–H groups in total. The number of Topliss-reactive ketones (excluding diaryl/α,β-unsaturated/α-hetero) is 1. The Morgan fingerprint density at radius 1 is 1.00 bits per heavy atom. The summed E-state index contributed by atoms with van der Waals surface area (Å²) in [6.07, 6.45) is 1.61. The van der Waals surface area contributed by atoms with Gasteiger partial charge < -0.3 is 19.8 Å². The van der Waals surface area contributed by atoms with Crippen LogP contribution in [0, 0.1) is 0 Å². The van der Waals surface area contributed by atoms with Crippen LogP contribution >= 0.6 is 0 Å². The number of carbonyl (C=O) groups excluding carboxylic acids is 3. The van der Waals surface area contributed by atoms with Crippen LogP contribution in [-0.2, 0) is 14.4 Å². The number of carbonyl (C=O) groups is 3. The molecule has 0 radical (unpaired) electrons. The summed E-state index contributed by atoms with van der Waals surface area (Å²) in [6, 6.07) is 0. The van der Waals surface area contributed by atoms with E-state index in [0.717, 1.165) is 12.2 Å². The molecule has 0 aromatic rings. The first-order valence-electron chi connectivity index (χ1n) is 3.13. The molecule has 0 saturated heterocycles. The summed E-state index contributed by atoms with van der Waals surface area (Å²) in [5.41, 5.74) is 0. The average molecular weight is 170 g/mol.